The van der Waals surface area contributed by atoms with Gasteiger partial charge in [0.2, 0.25) is 0 Å². The average molecular weight is 362 g/mol. The van der Waals surface area contributed by atoms with Crippen LogP contribution in [0, 0.1) is 0 Å². The van der Waals surface area contributed by atoms with E-state index in [1.165, 1.54) is 32.1 Å². The van der Waals surface area contributed by atoms with E-state index in [2.05, 4.69) is 17.1 Å². The molecule has 0 bridgehead atoms. The molecule has 3 N–H and O–H groups in total. The lowest BCUT2D eigenvalue weighted by Crippen LogP contribution is -2.47. The zero-order valence-corrected chi connectivity index (χ0v) is 15.4. The summed E-state index contributed by atoms with van der Waals surface area (Å²) in [6, 6.07) is 7.71. The predicted molar refractivity (Wildman–Crippen MR) is 102 cm³/mol. The van der Waals surface area contributed by atoms with E-state index < -0.39 is 0 Å². The van der Waals surface area contributed by atoms with Crippen LogP contribution < -0.4 is 11.1 Å². The number of hydrogen-bond donors (Lipinski definition) is 2. The number of hydrogen-bond acceptors (Lipinski definition) is 3. The molecule has 6 heteroatoms. The number of nitrogens with one attached hydrogen (secondary N) is 1. The minimum atomic E-state index is -0.0610. The molecule has 23 heavy (non-hydrogen) atoms. The first kappa shape index (κ1) is 22.0. The Morgan fingerprint density at radius 2 is 2.04 bits per heavy atom. The highest BCUT2D eigenvalue weighted by molar-refractivity contribution is 5.99. The Morgan fingerprint density at radius 3 is 2.74 bits per heavy atom. The number of likely N-dealkylation sites (tertiary alicyclic amines) is 1. The molecule has 1 aliphatic rings. The van der Waals surface area contributed by atoms with E-state index >= 15 is 0 Å². The van der Waals surface area contributed by atoms with E-state index in [-0.39, 0.29) is 30.7 Å². The van der Waals surface area contributed by atoms with Gasteiger partial charge in [-0.3, -0.25) is 9.69 Å². The SMILES string of the molecule is CCCCN1CCCCC1CNC(=O)c1ccccc1N.Cl.Cl. The highest BCUT2D eigenvalue weighted by Crippen LogP contribution is 2.17. The van der Waals surface area contributed by atoms with Crippen LogP contribution in [0.15, 0.2) is 24.3 Å². The lowest BCUT2D eigenvalue weighted by atomic mass is 10.0. The molecular weight excluding hydrogens is 333 g/mol. The summed E-state index contributed by atoms with van der Waals surface area (Å²) >= 11 is 0. The van der Waals surface area contributed by atoms with E-state index in [4.69, 9.17) is 5.73 Å². The van der Waals surface area contributed by atoms with Gasteiger partial charge in [0.1, 0.15) is 0 Å². The Hall–Kier alpha value is -0.970. The first-order chi connectivity index (χ1) is 10.2. The van der Waals surface area contributed by atoms with Crippen molar-refractivity contribution in [3.8, 4) is 0 Å². The Kier molecular flexibility index (Phi) is 11.1. The summed E-state index contributed by atoms with van der Waals surface area (Å²) in [5.41, 5.74) is 6.97. The summed E-state index contributed by atoms with van der Waals surface area (Å²) in [6.45, 7) is 5.24. The quantitative estimate of drug-likeness (QED) is 0.762. The van der Waals surface area contributed by atoms with Crippen LogP contribution in [0.25, 0.3) is 0 Å². The Bertz CT molecular complexity index is 471. The molecule has 1 atom stereocenters. The maximum atomic E-state index is 12.2. The second kappa shape index (κ2) is 11.5. The van der Waals surface area contributed by atoms with E-state index in [0.717, 1.165) is 19.6 Å². The molecule has 4 nitrogen and oxygen atoms in total. The number of carbonyl (C=O) groups is 1. The standard InChI is InChI=1S/C17H27N3O.2ClH/c1-2-3-11-20-12-7-6-8-14(20)13-19-17(21)15-9-4-5-10-16(15)18;;/h4-5,9-10,14H,2-3,6-8,11-13,18H2,1H3,(H,19,21);2*1H. The molecular formula is C17H29Cl2N3O. The van der Waals surface area contributed by atoms with Gasteiger partial charge in [-0.15, -0.1) is 24.8 Å². The molecule has 0 aliphatic carbocycles. The van der Waals surface area contributed by atoms with E-state index in [1.54, 1.807) is 12.1 Å². The largest absolute Gasteiger partial charge is 0.398 e. The number of nitrogens with two attached hydrogens (primary N) is 1. The topological polar surface area (TPSA) is 58.4 Å². The van der Waals surface area contributed by atoms with Gasteiger partial charge in [0.25, 0.3) is 5.91 Å². The second-order valence-corrected chi connectivity index (χ2v) is 5.84. The monoisotopic (exact) mass is 361 g/mol. The number of para-hydroxylation sites is 1. The zero-order chi connectivity index (χ0) is 15.1. The molecule has 0 saturated carbocycles. The van der Waals surface area contributed by atoms with E-state index in [9.17, 15) is 4.79 Å². The van der Waals surface area contributed by atoms with Gasteiger partial charge >= 0.3 is 0 Å². The van der Waals surface area contributed by atoms with Crippen molar-refractivity contribution in [1.29, 1.82) is 0 Å². The highest BCUT2D eigenvalue weighted by atomic mass is 35.5. The van der Waals surface area contributed by atoms with E-state index in [0.29, 0.717) is 17.3 Å². The lowest BCUT2D eigenvalue weighted by molar-refractivity contribution is 0.0913. The predicted octanol–water partition coefficient (Wildman–Crippen LogP) is 3.50. The molecule has 1 heterocycles. The van der Waals surface area contributed by atoms with Crippen molar-refractivity contribution in [2.24, 2.45) is 0 Å². The van der Waals surface area contributed by atoms with Crippen LogP contribution in [-0.4, -0.2) is 36.5 Å². The van der Waals surface area contributed by atoms with Crippen molar-refractivity contribution in [2.75, 3.05) is 25.4 Å². The van der Waals surface area contributed by atoms with Crippen molar-refractivity contribution in [1.82, 2.24) is 10.2 Å². The number of unbranched alkanes of at least 4 members (excludes halogenated alkanes) is 1. The molecule has 1 fully saturated rings. The normalized spacial score (nSPS) is 17.7. The Morgan fingerprint density at radius 1 is 1.30 bits per heavy atom. The van der Waals surface area contributed by atoms with Crippen molar-refractivity contribution in [3.05, 3.63) is 29.8 Å². The fourth-order valence-electron chi connectivity index (χ4n) is 2.96. The van der Waals surface area contributed by atoms with Crippen LogP contribution >= 0.6 is 24.8 Å². The summed E-state index contributed by atoms with van der Waals surface area (Å²) in [7, 11) is 0. The minimum absolute atomic E-state index is 0. The molecule has 1 unspecified atom stereocenters. The Labute approximate surface area is 152 Å². The average Bonchev–Trinajstić information content (AvgIpc) is 2.52. The van der Waals surface area contributed by atoms with Crippen LogP contribution in [0.4, 0.5) is 5.69 Å². The van der Waals surface area contributed by atoms with Crippen molar-refractivity contribution >= 4 is 36.4 Å². The molecule has 0 aromatic heterocycles. The van der Waals surface area contributed by atoms with Crippen LogP contribution in [0.1, 0.15) is 49.4 Å². The summed E-state index contributed by atoms with van der Waals surface area (Å²) in [5.74, 6) is -0.0610. The summed E-state index contributed by atoms with van der Waals surface area (Å²) in [4.78, 5) is 14.7. The molecule has 1 aromatic rings. The molecule has 1 aromatic carbocycles. The van der Waals surface area contributed by atoms with E-state index in [1.807, 2.05) is 12.1 Å². The lowest BCUT2D eigenvalue weighted by Gasteiger charge is -2.35. The third-order valence-electron chi connectivity index (χ3n) is 4.25. The fraction of sp³-hybridized carbons (Fsp3) is 0.588. The fourth-order valence-corrected chi connectivity index (χ4v) is 2.96. The number of anilines is 1. The molecule has 0 radical (unpaired) electrons. The maximum absolute atomic E-state index is 12.2. The number of nitrogen functional groups attached to an aromatic ring is 1. The number of nitrogens with zero attached hydrogens (tertiary/aromatic N) is 1. The summed E-state index contributed by atoms with van der Waals surface area (Å²) in [6.07, 6.45) is 6.16. The molecule has 1 aliphatic heterocycles. The van der Waals surface area contributed by atoms with Gasteiger partial charge in [0.05, 0.1) is 5.56 Å². The van der Waals surface area contributed by atoms with Crippen molar-refractivity contribution < 1.29 is 4.79 Å². The number of rotatable bonds is 6. The number of halogens is 2. The van der Waals surface area contributed by atoms with Gasteiger partial charge in [-0.2, -0.15) is 0 Å². The summed E-state index contributed by atoms with van der Waals surface area (Å²) < 4.78 is 0. The number of amides is 1. The van der Waals surface area contributed by atoms with Gasteiger partial charge in [-0.1, -0.05) is 31.9 Å². The van der Waals surface area contributed by atoms with Crippen LogP contribution in [-0.2, 0) is 0 Å². The van der Waals surface area contributed by atoms with Gasteiger partial charge in [0.15, 0.2) is 0 Å². The maximum Gasteiger partial charge on any atom is 0.253 e. The van der Waals surface area contributed by atoms with Crippen molar-refractivity contribution in [2.45, 2.75) is 45.1 Å². The number of benzene rings is 1. The number of piperidine rings is 1. The molecule has 2 rings (SSSR count). The zero-order valence-electron chi connectivity index (χ0n) is 13.8. The first-order valence-corrected chi connectivity index (χ1v) is 8.09. The van der Waals surface area contributed by atoms with Gasteiger partial charge in [0, 0.05) is 18.3 Å². The first-order valence-electron chi connectivity index (χ1n) is 8.09. The molecule has 132 valence electrons. The van der Waals surface area contributed by atoms with Crippen LogP contribution in [0.3, 0.4) is 0 Å². The third-order valence-corrected chi connectivity index (χ3v) is 4.25. The smallest absolute Gasteiger partial charge is 0.253 e. The molecule has 0 spiro atoms. The third kappa shape index (κ3) is 6.58. The molecule has 1 amide bonds. The summed E-state index contributed by atoms with van der Waals surface area (Å²) in [5, 5.41) is 3.06. The van der Waals surface area contributed by atoms with Crippen LogP contribution in [0.5, 0.6) is 0 Å². The van der Waals surface area contributed by atoms with Crippen LogP contribution in [0.2, 0.25) is 0 Å². The Balaban J connectivity index is 0.00000242. The second-order valence-electron chi connectivity index (χ2n) is 5.84. The number of carbonyl (C=O) groups excluding carboxylic acids is 1. The van der Waals surface area contributed by atoms with Gasteiger partial charge in [-0.05, 0) is 44.5 Å². The van der Waals surface area contributed by atoms with Gasteiger partial charge in [-0.25, -0.2) is 0 Å². The minimum Gasteiger partial charge on any atom is -0.398 e. The van der Waals surface area contributed by atoms with Gasteiger partial charge < -0.3 is 11.1 Å². The molecule has 1 saturated heterocycles. The highest BCUT2D eigenvalue weighted by Gasteiger charge is 2.22. The van der Waals surface area contributed by atoms with Crippen molar-refractivity contribution in [3.63, 3.8) is 0 Å².